The van der Waals surface area contributed by atoms with Crippen molar-refractivity contribution in [1.29, 1.82) is 0 Å². The second-order valence-corrected chi connectivity index (χ2v) is 6.39. The Balaban J connectivity index is 0.00000220. The number of halogens is 2. The van der Waals surface area contributed by atoms with Crippen molar-refractivity contribution in [2.75, 3.05) is 31.1 Å². The highest BCUT2D eigenvalue weighted by Crippen LogP contribution is 2.28. The molecular formula is C15H22Cl2N2OS. The molecule has 1 N–H and O–H groups in total. The smallest absolute Gasteiger partial charge is 0.233 e. The first kappa shape index (κ1) is 18.6. The number of benzene rings is 1. The molecule has 118 valence electrons. The average molecular weight is 349 g/mol. The molecule has 1 saturated heterocycles. The van der Waals surface area contributed by atoms with Gasteiger partial charge < -0.3 is 10.2 Å². The van der Waals surface area contributed by atoms with Crippen LogP contribution in [0.4, 0.5) is 0 Å². The molecule has 0 aromatic heterocycles. The number of amides is 1. The largest absolute Gasteiger partial charge is 0.332 e. The van der Waals surface area contributed by atoms with E-state index in [9.17, 15) is 4.79 Å². The summed E-state index contributed by atoms with van der Waals surface area (Å²) < 4.78 is 0. The van der Waals surface area contributed by atoms with E-state index < -0.39 is 0 Å². The van der Waals surface area contributed by atoms with Gasteiger partial charge in [0.2, 0.25) is 5.91 Å². The van der Waals surface area contributed by atoms with Crippen LogP contribution in [0.15, 0.2) is 24.3 Å². The van der Waals surface area contributed by atoms with E-state index in [1.54, 1.807) is 11.8 Å². The van der Waals surface area contributed by atoms with Gasteiger partial charge in [-0.25, -0.2) is 0 Å². The van der Waals surface area contributed by atoms with Gasteiger partial charge in [0.15, 0.2) is 0 Å². The van der Waals surface area contributed by atoms with Crippen molar-refractivity contribution in [2.24, 2.45) is 0 Å². The fraction of sp³-hybridized carbons (Fsp3) is 0.533. The first-order chi connectivity index (χ1) is 9.74. The molecular weight excluding hydrogens is 327 g/mol. The zero-order valence-electron chi connectivity index (χ0n) is 12.2. The second-order valence-electron chi connectivity index (χ2n) is 4.88. The first-order valence-electron chi connectivity index (χ1n) is 7.06. The Hall–Kier alpha value is -0.420. The molecule has 1 heterocycles. The molecule has 1 fully saturated rings. The van der Waals surface area contributed by atoms with Gasteiger partial charge >= 0.3 is 0 Å². The molecule has 21 heavy (non-hydrogen) atoms. The standard InChI is InChI=1S/C15H21ClN2OS.ClH/c1-2-9-20-11-15(19)18-8-7-17-10-14(18)12-5-3-4-6-13(12)16;/h3-6,14,17H,2,7-11H2,1H3;1H. The molecule has 1 aromatic carbocycles. The maximum absolute atomic E-state index is 12.4. The first-order valence-corrected chi connectivity index (χ1v) is 8.59. The number of nitrogens with zero attached hydrogens (tertiary/aromatic N) is 1. The van der Waals surface area contributed by atoms with Gasteiger partial charge in [0, 0.05) is 24.7 Å². The van der Waals surface area contributed by atoms with Crippen LogP contribution < -0.4 is 5.32 Å². The van der Waals surface area contributed by atoms with Crippen LogP contribution in [-0.4, -0.2) is 41.9 Å². The molecule has 1 amide bonds. The van der Waals surface area contributed by atoms with Crippen LogP contribution in [0.1, 0.15) is 24.9 Å². The van der Waals surface area contributed by atoms with E-state index in [1.165, 1.54) is 0 Å². The topological polar surface area (TPSA) is 32.3 Å². The zero-order chi connectivity index (χ0) is 14.4. The summed E-state index contributed by atoms with van der Waals surface area (Å²) in [5.41, 5.74) is 1.04. The highest BCUT2D eigenvalue weighted by molar-refractivity contribution is 7.99. The van der Waals surface area contributed by atoms with Crippen LogP contribution in [0.2, 0.25) is 5.02 Å². The number of hydrogen-bond acceptors (Lipinski definition) is 3. The Kier molecular flexibility index (Phi) is 8.49. The molecule has 1 unspecified atom stereocenters. The van der Waals surface area contributed by atoms with E-state index in [-0.39, 0.29) is 24.4 Å². The molecule has 1 aromatic rings. The fourth-order valence-electron chi connectivity index (χ4n) is 2.41. The lowest BCUT2D eigenvalue weighted by molar-refractivity contribution is -0.131. The molecule has 3 nitrogen and oxygen atoms in total. The Morgan fingerprint density at radius 3 is 2.95 bits per heavy atom. The Bertz CT molecular complexity index is 459. The van der Waals surface area contributed by atoms with E-state index in [0.29, 0.717) is 5.75 Å². The molecule has 1 atom stereocenters. The molecule has 6 heteroatoms. The van der Waals surface area contributed by atoms with Gasteiger partial charge in [-0.1, -0.05) is 36.7 Å². The van der Waals surface area contributed by atoms with Crippen LogP contribution in [0.5, 0.6) is 0 Å². The monoisotopic (exact) mass is 348 g/mol. The van der Waals surface area contributed by atoms with Crippen molar-refractivity contribution in [3.63, 3.8) is 0 Å². The minimum Gasteiger partial charge on any atom is -0.332 e. The van der Waals surface area contributed by atoms with Gasteiger partial charge in [0.1, 0.15) is 0 Å². The highest BCUT2D eigenvalue weighted by atomic mass is 35.5. The van der Waals surface area contributed by atoms with Crippen LogP contribution in [0.3, 0.4) is 0 Å². The molecule has 0 bridgehead atoms. The fourth-order valence-corrected chi connectivity index (χ4v) is 3.45. The van der Waals surface area contributed by atoms with Crippen LogP contribution in [-0.2, 0) is 4.79 Å². The molecule has 0 saturated carbocycles. The van der Waals surface area contributed by atoms with Gasteiger partial charge in [-0.2, -0.15) is 11.8 Å². The summed E-state index contributed by atoms with van der Waals surface area (Å²) in [7, 11) is 0. The molecule has 0 spiro atoms. The van der Waals surface area contributed by atoms with E-state index in [4.69, 9.17) is 11.6 Å². The molecule has 0 aliphatic carbocycles. The van der Waals surface area contributed by atoms with Gasteiger partial charge in [0.05, 0.1) is 11.8 Å². The molecule has 1 aliphatic rings. The second kappa shape index (κ2) is 9.57. The van der Waals surface area contributed by atoms with Crippen LogP contribution in [0, 0.1) is 0 Å². The SMILES string of the molecule is CCCSCC(=O)N1CCNCC1c1ccccc1Cl.Cl. The number of nitrogens with one attached hydrogen (secondary N) is 1. The number of rotatable bonds is 5. The van der Waals surface area contributed by atoms with Crippen LogP contribution >= 0.6 is 35.8 Å². The number of carbonyl (C=O) groups is 1. The van der Waals surface area contributed by atoms with Gasteiger partial charge in [-0.15, -0.1) is 12.4 Å². The van der Waals surface area contributed by atoms with Crippen molar-refractivity contribution < 1.29 is 4.79 Å². The van der Waals surface area contributed by atoms with Crippen molar-refractivity contribution in [3.8, 4) is 0 Å². The summed E-state index contributed by atoms with van der Waals surface area (Å²) in [6.45, 7) is 4.51. The third-order valence-corrected chi connectivity index (χ3v) is 4.89. The molecule has 0 radical (unpaired) electrons. The molecule has 2 rings (SSSR count). The predicted molar refractivity (Wildman–Crippen MR) is 93.6 cm³/mol. The summed E-state index contributed by atoms with van der Waals surface area (Å²) >= 11 is 8.00. The lowest BCUT2D eigenvalue weighted by atomic mass is 10.0. The number of carbonyl (C=O) groups excluding carboxylic acids is 1. The minimum absolute atomic E-state index is 0. The van der Waals surface area contributed by atoms with Crippen molar-refractivity contribution in [3.05, 3.63) is 34.9 Å². The van der Waals surface area contributed by atoms with Gasteiger partial charge in [-0.3, -0.25) is 4.79 Å². The van der Waals surface area contributed by atoms with Crippen molar-refractivity contribution in [1.82, 2.24) is 10.2 Å². The van der Waals surface area contributed by atoms with E-state index >= 15 is 0 Å². The highest BCUT2D eigenvalue weighted by Gasteiger charge is 2.28. The molecule has 1 aliphatic heterocycles. The van der Waals surface area contributed by atoms with Gasteiger partial charge in [-0.05, 0) is 23.8 Å². The maximum Gasteiger partial charge on any atom is 0.233 e. The number of hydrogen-bond donors (Lipinski definition) is 1. The predicted octanol–water partition coefficient (Wildman–Crippen LogP) is 3.38. The van der Waals surface area contributed by atoms with E-state index in [0.717, 1.165) is 42.4 Å². The van der Waals surface area contributed by atoms with Crippen molar-refractivity contribution in [2.45, 2.75) is 19.4 Å². The van der Waals surface area contributed by atoms with Crippen molar-refractivity contribution >= 4 is 41.7 Å². The summed E-state index contributed by atoms with van der Waals surface area (Å²) in [6, 6.07) is 7.85. The lowest BCUT2D eigenvalue weighted by Crippen LogP contribution is -2.49. The number of piperazine rings is 1. The third kappa shape index (κ3) is 5.06. The minimum atomic E-state index is 0. The zero-order valence-corrected chi connectivity index (χ0v) is 14.6. The Labute approximate surface area is 142 Å². The Morgan fingerprint density at radius 2 is 2.24 bits per heavy atom. The number of thioether (sulfide) groups is 1. The van der Waals surface area contributed by atoms with E-state index in [2.05, 4.69) is 12.2 Å². The maximum atomic E-state index is 12.4. The summed E-state index contributed by atoms with van der Waals surface area (Å²) in [5, 5.41) is 4.09. The lowest BCUT2D eigenvalue weighted by Gasteiger charge is -2.37. The summed E-state index contributed by atoms with van der Waals surface area (Å²) in [4.78, 5) is 14.4. The van der Waals surface area contributed by atoms with Gasteiger partial charge in [0.25, 0.3) is 0 Å². The normalized spacial score (nSPS) is 18.2. The summed E-state index contributed by atoms with van der Waals surface area (Å²) in [6.07, 6.45) is 1.10. The summed E-state index contributed by atoms with van der Waals surface area (Å²) in [5.74, 6) is 1.82. The van der Waals surface area contributed by atoms with Crippen LogP contribution in [0.25, 0.3) is 0 Å². The quantitative estimate of drug-likeness (QED) is 0.827. The third-order valence-electron chi connectivity index (χ3n) is 3.40. The average Bonchev–Trinajstić information content (AvgIpc) is 2.48. The van der Waals surface area contributed by atoms with E-state index in [1.807, 2.05) is 29.2 Å². The Morgan fingerprint density at radius 1 is 1.48 bits per heavy atom.